The Bertz CT molecular complexity index is 603. The zero-order valence-electron chi connectivity index (χ0n) is 12.0. The molecule has 0 aliphatic carbocycles. The van der Waals surface area contributed by atoms with E-state index >= 15 is 0 Å². The van der Waals surface area contributed by atoms with E-state index in [1.54, 1.807) is 23.3 Å². The number of nitrogens with zero attached hydrogens (tertiary/aromatic N) is 1. The highest BCUT2D eigenvalue weighted by molar-refractivity contribution is 7.84. The second-order valence-electron chi connectivity index (χ2n) is 5.05. The normalized spacial score (nSPS) is 16.2. The first-order valence-corrected chi connectivity index (χ1v) is 8.26. The number of carbonyl (C=O) groups is 2. The van der Waals surface area contributed by atoms with Gasteiger partial charge in [0.1, 0.15) is 0 Å². The van der Waals surface area contributed by atoms with Gasteiger partial charge in [-0.25, -0.2) is 9.59 Å². The number of anilines is 1. The lowest BCUT2D eigenvalue weighted by Crippen LogP contribution is -2.42. The minimum atomic E-state index is -0.980. The van der Waals surface area contributed by atoms with Crippen LogP contribution in [-0.2, 0) is 17.2 Å². The molecular weight excluding hydrogens is 292 g/mol. The van der Waals surface area contributed by atoms with Crippen LogP contribution in [0.15, 0.2) is 18.2 Å². The van der Waals surface area contributed by atoms with E-state index in [4.69, 9.17) is 5.11 Å². The summed E-state index contributed by atoms with van der Waals surface area (Å²) in [6.07, 6.45) is 2.24. The van der Waals surface area contributed by atoms with Crippen molar-refractivity contribution in [3.8, 4) is 0 Å². The summed E-state index contributed by atoms with van der Waals surface area (Å²) < 4.78 is 11.3. The molecule has 0 bridgehead atoms. The molecule has 7 heteroatoms. The summed E-state index contributed by atoms with van der Waals surface area (Å²) in [5, 5.41) is 11.6. The molecule has 2 rings (SSSR count). The summed E-state index contributed by atoms with van der Waals surface area (Å²) in [5.41, 5.74) is 1.82. The van der Waals surface area contributed by atoms with E-state index in [-0.39, 0.29) is 16.8 Å². The van der Waals surface area contributed by atoms with Crippen LogP contribution in [0.2, 0.25) is 0 Å². The molecule has 1 heterocycles. The SMILES string of the molecule is CC(CNC(=O)N1CCc2cc(C(=O)O)ccc21)S(C)=O. The van der Waals surface area contributed by atoms with Gasteiger partial charge >= 0.3 is 12.0 Å². The summed E-state index contributed by atoms with van der Waals surface area (Å²) in [6.45, 7) is 2.68. The Morgan fingerprint density at radius 1 is 1.48 bits per heavy atom. The molecular formula is C14H18N2O4S. The molecule has 2 amide bonds. The van der Waals surface area contributed by atoms with Crippen LogP contribution >= 0.6 is 0 Å². The largest absolute Gasteiger partial charge is 0.478 e. The van der Waals surface area contributed by atoms with Crippen molar-refractivity contribution in [3.63, 3.8) is 0 Å². The Morgan fingerprint density at radius 3 is 2.81 bits per heavy atom. The van der Waals surface area contributed by atoms with E-state index in [2.05, 4.69) is 5.32 Å². The van der Waals surface area contributed by atoms with Crippen molar-refractivity contribution in [2.75, 3.05) is 24.2 Å². The number of carboxylic acid groups (broad SMARTS) is 1. The predicted octanol–water partition coefficient (Wildman–Crippen LogP) is 1.22. The number of fused-ring (bicyclic) bond motifs is 1. The van der Waals surface area contributed by atoms with Crippen molar-refractivity contribution >= 4 is 28.5 Å². The molecule has 1 aromatic carbocycles. The first kappa shape index (κ1) is 15.5. The molecule has 21 heavy (non-hydrogen) atoms. The molecule has 1 aliphatic heterocycles. The third-order valence-corrected chi connectivity index (χ3v) is 4.87. The fourth-order valence-electron chi connectivity index (χ4n) is 2.19. The van der Waals surface area contributed by atoms with Crippen LogP contribution in [0.1, 0.15) is 22.8 Å². The van der Waals surface area contributed by atoms with Gasteiger partial charge in [0, 0.05) is 41.1 Å². The monoisotopic (exact) mass is 310 g/mol. The molecule has 114 valence electrons. The Morgan fingerprint density at radius 2 is 2.19 bits per heavy atom. The number of carboxylic acids is 1. The highest BCUT2D eigenvalue weighted by atomic mass is 32.2. The molecule has 1 aromatic rings. The molecule has 0 radical (unpaired) electrons. The third-order valence-electron chi connectivity index (χ3n) is 3.57. The van der Waals surface area contributed by atoms with E-state index < -0.39 is 16.8 Å². The molecule has 2 atom stereocenters. The Hall–Kier alpha value is -1.89. The van der Waals surface area contributed by atoms with Gasteiger partial charge in [0.2, 0.25) is 0 Å². The average molecular weight is 310 g/mol. The van der Waals surface area contributed by atoms with E-state index in [1.165, 1.54) is 6.07 Å². The van der Waals surface area contributed by atoms with Crippen LogP contribution in [-0.4, -0.2) is 45.9 Å². The van der Waals surface area contributed by atoms with Gasteiger partial charge in [0.05, 0.1) is 5.56 Å². The number of nitrogens with one attached hydrogen (secondary N) is 1. The Labute approximate surface area is 125 Å². The zero-order chi connectivity index (χ0) is 15.6. The number of rotatable bonds is 4. The first-order valence-electron chi connectivity index (χ1n) is 6.64. The van der Waals surface area contributed by atoms with Crippen LogP contribution in [0.5, 0.6) is 0 Å². The highest BCUT2D eigenvalue weighted by Crippen LogP contribution is 2.28. The van der Waals surface area contributed by atoms with Gasteiger partial charge in [-0.1, -0.05) is 0 Å². The van der Waals surface area contributed by atoms with Gasteiger partial charge in [-0.3, -0.25) is 9.11 Å². The summed E-state index contributed by atoms with van der Waals surface area (Å²) in [4.78, 5) is 24.7. The van der Waals surface area contributed by atoms with E-state index in [9.17, 15) is 13.8 Å². The Kier molecular flexibility index (Phi) is 4.62. The molecule has 6 nitrogen and oxygen atoms in total. The van der Waals surface area contributed by atoms with Crippen molar-refractivity contribution in [1.82, 2.24) is 5.32 Å². The van der Waals surface area contributed by atoms with Gasteiger partial charge in [0.25, 0.3) is 0 Å². The third kappa shape index (κ3) is 3.41. The lowest BCUT2D eigenvalue weighted by atomic mass is 10.1. The van der Waals surface area contributed by atoms with Crippen molar-refractivity contribution in [3.05, 3.63) is 29.3 Å². The maximum atomic E-state index is 12.2. The van der Waals surface area contributed by atoms with Crippen LogP contribution in [0.3, 0.4) is 0 Å². The lowest BCUT2D eigenvalue weighted by Gasteiger charge is -2.19. The second kappa shape index (κ2) is 6.26. The van der Waals surface area contributed by atoms with Crippen molar-refractivity contribution < 1.29 is 18.9 Å². The van der Waals surface area contributed by atoms with Crippen LogP contribution in [0, 0.1) is 0 Å². The molecule has 2 unspecified atom stereocenters. The predicted molar refractivity (Wildman–Crippen MR) is 81.4 cm³/mol. The van der Waals surface area contributed by atoms with Crippen LogP contribution in [0.25, 0.3) is 0 Å². The number of benzene rings is 1. The summed E-state index contributed by atoms with van der Waals surface area (Å²) in [5.74, 6) is -0.972. The summed E-state index contributed by atoms with van der Waals surface area (Å²) in [6, 6.07) is 4.52. The highest BCUT2D eigenvalue weighted by Gasteiger charge is 2.25. The Balaban J connectivity index is 2.06. The number of urea groups is 1. The maximum absolute atomic E-state index is 12.2. The van der Waals surface area contributed by atoms with Crippen LogP contribution < -0.4 is 10.2 Å². The topological polar surface area (TPSA) is 86.7 Å². The molecule has 1 aliphatic rings. The average Bonchev–Trinajstić information content (AvgIpc) is 2.86. The number of hydrogen-bond acceptors (Lipinski definition) is 3. The van der Waals surface area contributed by atoms with Gasteiger partial charge in [0.15, 0.2) is 0 Å². The van der Waals surface area contributed by atoms with Gasteiger partial charge in [-0.15, -0.1) is 0 Å². The number of aromatic carboxylic acids is 1. The van der Waals surface area contributed by atoms with Crippen LogP contribution in [0.4, 0.5) is 10.5 Å². The molecule has 0 saturated carbocycles. The van der Waals surface area contributed by atoms with Crippen molar-refractivity contribution in [1.29, 1.82) is 0 Å². The van der Waals surface area contributed by atoms with Crippen molar-refractivity contribution in [2.24, 2.45) is 0 Å². The first-order chi connectivity index (χ1) is 9.90. The van der Waals surface area contributed by atoms with Crippen molar-refractivity contribution in [2.45, 2.75) is 18.6 Å². The van der Waals surface area contributed by atoms with E-state index in [1.807, 2.05) is 6.92 Å². The molecule has 0 saturated heterocycles. The zero-order valence-corrected chi connectivity index (χ0v) is 12.8. The fourth-order valence-corrected chi connectivity index (χ4v) is 2.51. The fraction of sp³-hybridized carbons (Fsp3) is 0.429. The van der Waals surface area contributed by atoms with Gasteiger partial charge < -0.3 is 10.4 Å². The molecule has 0 fully saturated rings. The lowest BCUT2D eigenvalue weighted by molar-refractivity contribution is 0.0697. The van der Waals surface area contributed by atoms with Gasteiger partial charge in [-0.2, -0.15) is 0 Å². The van der Waals surface area contributed by atoms with Gasteiger partial charge in [-0.05, 0) is 37.1 Å². The maximum Gasteiger partial charge on any atom is 0.335 e. The second-order valence-corrected chi connectivity index (χ2v) is 6.85. The van der Waals surface area contributed by atoms with E-state index in [0.717, 1.165) is 11.3 Å². The number of hydrogen-bond donors (Lipinski definition) is 2. The quantitative estimate of drug-likeness (QED) is 0.875. The van der Waals surface area contributed by atoms with E-state index in [0.29, 0.717) is 19.5 Å². The summed E-state index contributed by atoms with van der Waals surface area (Å²) in [7, 11) is -0.980. The smallest absolute Gasteiger partial charge is 0.335 e. The summed E-state index contributed by atoms with van der Waals surface area (Å²) >= 11 is 0. The minimum Gasteiger partial charge on any atom is -0.478 e. The number of amides is 2. The minimum absolute atomic E-state index is 0.106. The standard InChI is InChI=1S/C14H18N2O4S/c1-9(21(2)20)8-15-14(19)16-6-5-10-7-11(13(17)18)3-4-12(10)16/h3-4,7,9H,5-6,8H2,1-2H3,(H,15,19)(H,17,18). The molecule has 0 aromatic heterocycles. The molecule has 0 spiro atoms. The molecule has 2 N–H and O–H groups in total. The number of carbonyl (C=O) groups excluding carboxylic acids is 1.